The van der Waals surface area contributed by atoms with Crippen LogP contribution in [0.3, 0.4) is 0 Å². The van der Waals surface area contributed by atoms with Gasteiger partial charge in [0.15, 0.2) is 0 Å². The number of rotatable bonds is 19. The predicted molar refractivity (Wildman–Crippen MR) is 182 cm³/mol. The van der Waals surface area contributed by atoms with E-state index in [1.165, 1.54) is 42.8 Å². The number of aromatic carboxylic acids is 1. The second-order valence-electron chi connectivity index (χ2n) is 12.0. The average Bonchev–Trinajstić information content (AvgIpc) is 3.65. The third-order valence-corrected chi connectivity index (χ3v) is 8.40. The summed E-state index contributed by atoms with van der Waals surface area (Å²) in [5.41, 5.74) is -0.177. The number of benzene rings is 2. The van der Waals surface area contributed by atoms with E-state index in [2.05, 4.69) is 34.6 Å². The van der Waals surface area contributed by atoms with Crippen molar-refractivity contribution in [2.24, 2.45) is 0 Å². The average molecular weight is 663 g/mol. The molecule has 0 saturated heterocycles. The molecule has 13 nitrogen and oxygen atoms in total. The first-order valence-electron chi connectivity index (χ1n) is 16.8. The number of nitrogens with zero attached hydrogens (tertiary/aromatic N) is 4. The third-order valence-electron chi connectivity index (χ3n) is 8.40. The zero-order valence-electron chi connectivity index (χ0n) is 27.7. The molecule has 4 rings (SSSR count). The molecule has 13 heteroatoms. The summed E-state index contributed by atoms with van der Waals surface area (Å²) >= 11 is 0. The summed E-state index contributed by atoms with van der Waals surface area (Å²) in [6, 6.07) is 7.60. The lowest BCUT2D eigenvalue weighted by Crippen LogP contribution is -2.37. The molecule has 0 fully saturated rings. The number of hydrogen-bond acceptors (Lipinski definition) is 8. The quantitative estimate of drug-likeness (QED) is 0.0594. The van der Waals surface area contributed by atoms with E-state index in [0.717, 1.165) is 80.3 Å². The largest absolute Gasteiger partial charge is 0.506 e. The number of fused-ring (bicyclic) bond motifs is 1. The van der Waals surface area contributed by atoms with Crippen molar-refractivity contribution in [2.45, 2.75) is 97.3 Å². The molecule has 0 unspecified atom stereocenters. The minimum Gasteiger partial charge on any atom is -0.506 e. The lowest BCUT2D eigenvalue weighted by molar-refractivity contribution is 0.0691. The summed E-state index contributed by atoms with van der Waals surface area (Å²) in [6.45, 7) is 4.72. The molecule has 2 aromatic heterocycles. The van der Waals surface area contributed by atoms with Gasteiger partial charge in [0.2, 0.25) is 11.8 Å². The Morgan fingerprint density at radius 2 is 1.40 bits per heavy atom. The zero-order chi connectivity index (χ0) is 34.6. The van der Waals surface area contributed by atoms with Gasteiger partial charge in [-0.3, -0.25) is 9.59 Å². The van der Waals surface area contributed by atoms with Crippen LogP contribution >= 0.6 is 0 Å². The van der Waals surface area contributed by atoms with E-state index in [1.807, 2.05) is 0 Å². The Hall–Kier alpha value is -5.07. The Labute approximate surface area is 279 Å². The molecular formula is C35H46N6O7. The summed E-state index contributed by atoms with van der Waals surface area (Å²) in [7, 11) is 0. The number of nitrogens with one attached hydrogen (secondary N) is 2. The summed E-state index contributed by atoms with van der Waals surface area (Å²) in [6.07, 6.45) is 12.7. The fraction of sp³-hybridized carbons (Fsp3) is 0.457. The molecule has 0 aliphatic heterocycles. The minimum absolute atomic E-state index is 0.107. The molecule has 48 heavy (non-hydrogen) atoms. The van der Waals surface area contributed by atoms with Gasteiger partial charge in [0, 0.05) is 23.7 Å². The fourth-order valence-corrected chi connectivity index (χ4v) is 5.71. The van der Waals surface area contributed by atoms with Gasteiger partial charge in [-0.25, -0.2) is 9.80 Å². The molecule has 258 valence electrons. The van der Waals surface area contributed by atoms with Gasteiger partial charge in [0.1, 0.15) is 22.5 Å². The summed E-state index contributed by atoms with van der Waals surface area (Å²) < 4.78 is 0.806. The van der Waals surface area contributed by atoms with Crippen molar-refractivity contribution in [1.82, 2.24) is 25.4 Å². The minimum atomic E-state index is -1.43. The van der Waals surface area contributed by atoms with E-state index < -0.39 is 40.9 Å². The smallest absolute Gasteiger partial charge is 0.336 e. The van der Waals surface area contributed by atoms with Crippen molar-refractivity contribution in [3.8, 4) is 17.5 Å². The topological polar surface area (TPSA) is 194 Å². The number of aromatic amines is 1. The zero-order valence-corrected chi connectivity index (χ0v) is 27.7. The molecule has 0 aliphatic rings. The van der Waals surface area contributed by atoms with Crippen LogP contribution in [0.25, 0.3) is 11.0 Å². The number of carboxylic acid groups (broad SMARTS) is 1. The Balaban J connectivity index is 1.72. The van der Waals surface area contributed by atoms with Gasteiger partial charge < -0.3 is 25.7 Å². The van der Waals surface area contributed by atoms with Crippen molar-refractivity contribution < 1.29 is 34.8 Å². The fourth-order valence-electron chi connectivity index (χ4n) is 5.71. The highest BCUT2D eigenvalue weighted by Gasteiger charge is 2.32. The van der Waals surface area contributed by atoms with Crippen LogP contribution in [0.2, 0.25) is 0 Å². The highest BCUT2D eigenvalue weighted by Crippen LogP contribution is 2.38. The first-order valence-corrected chi connectivity index (χ1v) is 16.8. The lowest BCUT2D eigenvalue weighted by atomic mass is 10.0. The van der Waals surface area contributed by atoms with Crippen molar-refractivity contribution in [3.63, 3.8) is 0 Å². The molecule has 2 amide bonds. The molecule has 2 aromatic carbocycles. The van der Waals surface area contributed by atoms with Crippen LogP contribution in [0, 0.1) is 0 Å². The number of anilines is 1. The van der Waals surface area contributed by atoms with Crippen molar-refractivity contribution in [2.75, 3.05) is 11.6 Å². The Kier molecular flexibility index (Phi) is 12.8. The van der Waals surface area contributed by atoms with E-state index in [4.69, 9.17) is 0 Å². The molecule has 0 spiro atoms. The number of phenolic OH excluding ortho intramolecular Hbond substituents is 1. The van der Waals surface area contributed by atoms with Gasteiger partial charge in [-0.2, -0.15) is 20.1 Å². The number of carbonyl (C=O) groups excluding carboxylic acids is 2. The molecule has 2 heterocycles. The number of aryl methyl sites for hydroxylation is 1. The molecule has 6 N–H and O–H groups in total. The maximum absolute atomic E-state index is 14.4. The number of unbranched alkanes of at least 4 members (excludes halogenated alkanes) is 10. The van der Waals surface area contributed by atoms with Gasteiger partial charge in [0.25, 0.3) is 11.8 Å². The molecule has 0 saturated carbocycles. The number of amides is 2. The highest BCUT2D eigenvalue weighted by molar-refractivity contribution is 6.14. The van der Waals surface area contributed by atoms with Crippen molar-refractivity contribution in [1.29, 1.82) is 0 Å². The van der Waals surface area contributed by atoms with Crippen LogP contribution in [-0.2, 0) is 6.42 Å². The summed E-state index contributed by atoms with van der Waals surface area (Å²) in [5.74, 6) is -4.36. The SMILES string of the molecule is CCCCCCCCNC(=O)c1ccc(O)c(N(C(=O)c2cc3n[nH]nc3cc2C(=O)O)n2c(O)cc(CCCCCCCC)c2O)c1. The molecule has 0 radical (unpaired) electrons. The van der Waals surface area contributed by atoms with Crippen molar-refractivity contribution >= 4 is 34.5 Å². The Bertz CT molecular complexity index is 1710. The summed E-state index contributed by atoms with van der Waals surface area (Å²) in [4.78, 5) is 39.9. The van der Waals surface area contributed by atoms with Crippen LogP contribution in [-0.4, -0.2) is 64.8 Å². The monoisotopic (exact) mass is 662 g/mol. The van der Waals surface area contributed by atoms with Gasteiger partial charge in [0.05, 0.1) is 11.1 Å². The second-order valence-corrected chi connectivity index (χ2v) is 12.0. The van der Waals surface area contributed by atoms with E-state index in [1.54, 1.807) is 0 Å². The van der Waals surface area contributed by atoms with Crippen LogP contribution in [0.4, 0.5) is 5.69 Å². The summed E-state index contributed by atoms with van der Waals surface area (Å²) in [5, 5.41) is 57.5. The highest BCUT2D eigenvalue weighted by atomic mass is 16.4. The van der Waals surface area contributed by atoms with Gasteiger partial charge in [-0.05, 0) is 49.6 Å². The standard InChI is InChI=1S/C35H46N6O7/c1-3-5-7-9-11-13-15-24-20-31(43)41(33(24)45)40(34(46)25-21-27-28(38-39-37-27)22-26(25)35(47)48)29-19-23(16-17-30(29)42)32(44)36-18-14-12-10-8-6-4-2/h16-17,19-22,42-43,45H,3-15,18H2,1-2H3,(H,36,44)(H,47,48)(H,37,38,39). The van der Waals surface area contributed by atoms with Crippen LogP contribution in [0.15, 0.2) is 36.4 Å². The number of carboxylic acids is 1. The first-order chi connectivity index (χ1) is 23.2. The number of phenols is 1. The van der Waals surface area contributed by atoms with Crippen molar-refractivity contribution in [3.05, 3.63) is 58.7 Å². The van der Waals surface area contributed by atoms with E-state index >= 15 is 0 Å². The van der Waals surface area contributed by atoms with E-state index in [-0.39, 0.29) is 27.8 Å². The van der Waals surface area contributed by atoms with Crippen LogP contribution < -0.4 is 10.3 Å². The predicted octanol–water partition coefficient (Wildman–Crippen LogP) is 6.68. The Morgan fingerprint density at radius 1 is 0.792 bits per heavy atom. The van der Waals surface area contributed by atoms with E-state index in [0.29, 0.717) is 18.5 Å². The second kappa shape index (κ2) is 17.2. The maximum atomic E-state index is 14.4. The number of aromatic nitrogens is 4. The van der Waals surface area contributed by atoms with E-state index in [9.17, 15) is 34.8 Å². The van der Waals surface area contributed by atoms with Gasteiger partial charge in [-0.1, -0.05) is 78.1 Å². The normalized spacial score (nSPS) is 11.2. The first kappa shape index (κ1) is 35.8. The van der Waals surface area contributed by atoms with Crippen LogP contribution in [0.1, 0.15) is 128 Å². The molecule has 0 aliphatic carbocycles. The molecule has 4 aromatic rings. The molecule has 0 bridgehead atoms. The maximum Gasteiger partial charge on any atom is 0.336 e. The van der Waals surface area contributed by atoms with Gasteiger partial charge >= 0.3 is 5.97 Å². The number of H-pyrrole nitrogens is 1. The number of carbonyl (C=O) groups is 3. The molecular weight excluding hydrogens is 616 g/mol. The number of aromatic hydroxyl groups is 3. The lowest BCUT2D eigenvalue weighted by Gasteiger charge is -2.27. The number of hydrogen-bond donors (Lipinski definition) is 6. The molecule has 0 atom stereocenters. The van der Waals surface area contributed by atoms with Gasteiger partial charge in [-0.15, -0.1) is 0 Å². The Morgan fingerprint density at radius 3 is 2.04 bits per heavy atom. The van der Waals surface area contributed by atoms with Crippen LogP contribution in [0.5, 0.6) is 17.5 Å². The third kappa shape index (κ3) is 8.64.